The minimum absolute atomic E-state index is 0.0720. The van der Waals surface area contributed by atoms with Crippen molar-refractivity contribution in [1.29, 1.82) is 0 Å². The maximum Gasteiger partial charge on any atom is 0.273 e. The molecule has 0 saturated carbocycles. The van der Waals surface area contributed by atoms with E-state index in [0.29, 0.717) is 18.8 Å². The van der Waals surface area contributed by atoms with Gasteiger partial charge in [0, 0.05) is 31.1 Å². The van der Waals surface area contributed by atoms with Crippen LogP contribution in [0.5, 0.6) is 5.75 Å². The van der Waals surface area contributed by atoms with Crippen molar-refractivity contribution in [1.82, 2.24) is 4.90 Å². The molecule has 1 heterocycles. The quantitative estimate of drug-likeness (QED) is 0.662. The van der Waals surface area contributed by atoms with Crippen molar-refractivity contribution in [3.8, 4) is 5.75 Å². The summed E-state index contributed by atoms with van der Waals surface area (Å²) in [6.45, 7) is 0.842. The van der Waals surface area contributed by atoms with Gasteiger partial charge in [0.2, 0.25) is 0 Å². The highest BCUT2D eigenvalue weighted by atomic mass is 16.6. The highest BCUT2D eigenvalue weighted by molar-refractivity contribution is 5.78. The summed E-state index contributed by atoms with van der Waals surface area (Å²) >= 11 is 0. The Labute approximate surface area is 145 Å². The third-order valence-corrected chi connectivity index (χ3v) is 4.34. The summed E-state index contributed by atoms with van der Waals surface area (Å²) in [5.41, 5.74) is 7.23. The summed E-state index contributed by atoms with van der Waals surface area (Å²) < 4.78 is 5.41. The normalized spacial score (nSPS) is 19.6. The molecule has 2 aromatic carbocycles. The van der Waals surface area contributed by atoms with Crippen molar-refractivity contribution >= 4 is 11.6 Å². The van der Waals surface area contributed by atoms with Crippen molar-refractivity contribution in [2.24, 2.45) is 5.73 Å². The lowest BCUT2D eigenvalue weighted by Gasteiger charge is -2.17. The summed E-state index contributed by atoms with van der Waals surface area (Å²) in [4.78, 5) is 24.3. The molecule has 0 spiro atoms. The number of carbonyl (C=O) groups is 1. The fraction of sp³-hybridized carbons (Fsp3) is 0.278. The first-order valence-corrected chi connectivity index (χ1v) is 8.00. The van der Waals surface area contributed by atoms with Crippen LogP contribution in [-0.2, 0) is 4.79 Å². The lowest BCUT2D eigenvalue weighted by molar-refractivity contribution is -0.384. The molecule has 1 aliphatic rings. The summed E-state index contributed by atoms with van der Waals surface area (Å²) in [5.74, 6) is 0.217. The molecule has 0 aliphatic carbocycles. The molecule has 2 atom stereocenters. The van der Waals surface area contributed by atoms with Gasteiger partial charge in [0.1, 0.15) is 5.75 Å². The maximum atomic E-state index is 12.4. The number of hydrogen-bond donors (Lipinski definition) is 1. The molecule has 1 fully saturated rings. The van der Waals surface area contributed by atoms with Crippen LogP contribution in [-0.4, -0.2) is 41.5 Å². The van der Waals surface area contributed by atoms with E-state index in [2.05, 4.69) is 0 Å². The third-order valence-electron chi connectivity index (χ3n) is 4.34. The predicted octanol–water partition coefficient (Wildman–Crippen LogP) is 1.93. The minimum Gasteiger partial charge on any atom is -0.484 e. The van der Waals surface area contributed by atoms with Gasteiger partial charge >= 0.3 is 0 Å². The average Bonchev–Trinajstić information content (AvgIpc) is 3.02. The Morgan fingerprint density at radius 2 is 1.96 bits per heavy atom. The van der Waals surface area contributed by atoms with Gasteiger partial charge in [0.15, 0.2) is 6.61 Å². The van der Waals surface area contributed by atoms with Crippen molar-refractivity contribution in [2.75, 3.05) is 19.7 Å². The zero-order valence-electron chi connectivity index (χ0n) is 13.6. The Balaban J connectivity index is 1.59. The SMILES string of the molecule is N[C@@H]1CN(C(=O)COc2cccc([N+](=O)[O-])c2)C[C@H]1c1ccccc1. The number of amides is 1. The lowest BCUT2D eigenvalue weighted by atomic mass is 9.95. The number of nitro groups is 1. The number of nitrogens with two attached hydrogens (primary N) is 1. The monoisotopic (exact) mass is 341 g/mol. The number of benzene rings is 2. The second-order valence-corrected chi connectivity index (χ2v) is 6.02. The van der Waals surface area contributed by atoms with Crippen LogP contribution >= 0.6 is 0 Å². The summed E-state index contributed by atoms with van der Waals surface area (Å²) in [7, 11) is 0. The van der Waals surface area contributed by atoms with Gasteiger partial charge < -0.3 is 15.4 Å². The number of carbonyl (C=O) groups excluding carboxylic acids is 1. The Bertz CT molecular complexity index is 766. The van der Waals surface area contributed by atoms with Gasteiger partial charge in [-0.15, -0.1) is 0 Å². The standard InChI is InChI=1S/C18H19N3O4/c19-17-11-20(10-16(17)13-5-2-1-3-6-13)18(22)12-25-15-8-4-7-14(9-15)21(23)24/h1-9,16-17H,10-12,19H2/t16-,17+/m0/s1. The van der Waals surface area contributed by atoms with Crippen molar-refractivity contribution in [3.63, 3.8) is 0 Å². The maximum absolute atomic E-state index is 12.4. The zero-order valence-corrected chi connectivity index (χ0v) is 13.6. The van der Waals surface area contributed by atoms with Crippen molar-refractivity contribution in [3.05, 3.63) is 70.3 Å². The smallest absolute Gasteiger partial charge is 0.273 e. The number of nitrogens with zero attached hydrogens (tertiary/aromatic N) is 2. The Morgan fingerprint density at radius 1 is 1.20 bits per heavy atom. The van der Waals surface area contributed by atoms with Crippen LogP contribution in [0.15, 0.2) is 54.6 Å². The second-order valence-electron chi connectivity index (χ2n) is 6.02. The zero-order chi connectivity index (χ0) is 17.8. The molecule has 0 unspecified atom stereocenters. The Morgan fingerprint density at radius 3 is 2.68 bits per heavy atom. The fourth-order valence-corrected chi connectivity index (χ4v) is 3.01. The molecule has 130 valence electrons. The summed E-state index contributed by atoms with van der Waals surface area (Å²) in [6.07, 6.45) is 0. The first kappa shape index (κ1) is 16.9. The van der Waals surface area contributed by atoms with E-state index in [4.69, 9.17) is 10.5 Å². The first-order valence-electron chi connectivity index (χ1n) is 8.00. The molecule has 0 radical (unpaired) electrons. The number of non-ortho nitro benzene ring substituents is 1. The first-order chi connectivity index (χ1) is 12.0. The number of hydrogen-bond acceptors (Lipinski definition) is 5. The molecule has 7 nitrogen and oxygen atoms in total. The molecule has 1 amide bonds. The van der Waals surface area contributed by atoms with Gasteiger partial charge in [0.05, 0.1) is 11.0 Å². The third kappa shape index (κ3) is 3.95. The molecule has 2 aromatic rings. The van der Waals surface area contributed by atoms with Gasteiger partial charge in [-0.3, -0.25) is 14.9 Å². The summed E-state index contributed by atoms with van der Waals surface area (Å²) in [5, 5.41) is 10.8. The lowest BCUT2D eigenvalue weighted by Crippen LogP contribution is -2.35. The average molecular weight is 341 g/mol. The number of likely N-dealkylation sites (tertiary alicyclic amines) is 1. The molecule has 1 saturated heterocycles. The van der Waals surface area contributed by atoms with Gasteiger partial charge in [-0.2, -0.15) is 0 Å². The van der Waals surface area contributed by atoms with E-state index in [0.717, 1.165) is 5.56 Å². The summed E-state index contributed by atoms with van der Waals surface area (Å²) in [6, 6.07) is 15.5. The highest BCUT2D eigenvalue weighted by Crippen LogP contribution is 2.26. The Kier molecular flexibility index (Phi) is 4.95. The predicted molar refractivity (Wildman–Crippen MR) is 92.3 cm³/mol. The molecular weight excluding hydrogens is 322 g/mol. The van der Waals surface area contributed by atoms with Crippen molar-refractivity contribution < 1.29 is 14.5 Å². The van der Waals surface area contributed by atoms with Gasteiger partial charge in [-0.05, 0) is 11.6 Å². The van der Waals surface area contributed by atoms with Crippen LogP contribution in [0.1, 0.15) is 11.5 Å². The number of rotatable bonds is 5. The van der Waals surface area contributed by atoms with Crippen molar-refractivity contribution in [2.45, 2.75) is 12.0 Å². The molecule has 0 bridgehead atoms. The topological polar surface area (TPSA) is 98.7 Å². The largest absolute Gasteiger partial charge is 0.484 e. The van der Waals surface area contributed by atoms with E-state index in [1.807, 2.05) is 30.3 Å². The van der Waals surface area contributed by atoms with Crippen LogP contribution in [0.2, 0.25) is 0 Å². The van der Waals surface area contributed by atoms with Gasteiger partial charge in [-0.1, -0.05) is 36.4 Å². The molecule has 7 heteroatoms. The molecule has 25 heavy (non-hydrogen) atoms. The van der Waals surface area contributed by atoms with E-state index in [1.165, 1.54) is 18.2 Å². The number of nitro benzene ring substituents is 1. The van der Waals surface area contributed by atoms with Crippen LogP contribution in [0.25, 0.3) is 0 Å². The molecule has 1 aliphatic heterocycles. The van der Waals surface area contributed by atoms with Gasteiger partial charge in [0.25, 0.3) is 11.6 Å². The second kappa shape index (κ2) is 7.31. The molecule has 3 rings (SSSR count). The van der Waals surface area contributed by atoms with Crippen LogP contribution in [0.3, 0.4) is 0 Å². The minimum atomic E-state index is -0.501. The van der Waals surface area contributed by atoms with Crippen LogP contribution < -0.4 is 10.5 Å². The van der Waals surface area contributed by atoms with Gasteiger partial charge in [-0.25, -0.2) is 0 Å². The molecule has 2 N–H and O–H groups in total. The van der Waals surface area contributed by atoms with Crippen LogP contribution in [0, 0.1) is 10.1 Å². The van der Waals surface area contributed by atoms with E-state index < -0.39 is 4.92 Å². The van der Waals surface area contributed by atoms with E-state index in [9.17, 15) is 14.9 Å². The van der Waals surface area contributed by atoms with E-state index in [1.54, 1.807) is 11.0 Å². The van der Waals surface area contributed by atoms with E-state index >= 15 is 0 Å². The van der Waals surface area contributed by atoms with E-state index in [-0.39, 0.29) is 30.2 Å². The molecule has 0 aromatic heterocycles. The highest BCUT2D eigenvalue weighted by Gasteiger charge is 2.33. The molecular formula is C18H19N3O4. The fourth-order valence-electron chi connectivity index (χ4n) is 3.01. The van der Waals surface area contributed by atoms with Crippen LogP contribution in [0.4, 0.5) is 5.69 Å². The number of ether oxygens (including phenoxy) is 1. The Hall–Kier alpha value is -2.93.